The fourth-order valence-corrected chi connectivity index (χ4v) is 4.50. The first-order chi connectivity index (χ1) is 14.7. The molecule has 0 radical (unpaired) electrons. The minimum atomic E-state index is -0.667. The van der Waals surface area contributed by atoms with Crippen LogP contribution in [0.25, 0.3) is 22.2 Å². The zero-order valence-corrected chi connectivity index (χ0v) is 18.3. The Morgan fingerprint density at radius 1 is 1.16 bits per heavy atom. The Morgan fingerprint density at radius 3 is 2.45 bits per heavy atom. The van der Waals surface area contributed by atoms with Crippen molar-refractivity contribution in [2.75, 3.05) is 0 Å². The summed E-state index contributed by atoms with van der Waals surface area (Å²) in [6.07, 6.45) is 6.17. The van der Waals surface area contributed by atoms with Crippen molar-refractivity contribution < 1.29 is 19.4 Å². The van der Waals surface area contributed by atoms with Gasteiger partial charge in [0.25, 0.3) is 5.91 Å². The third-order valence-corrected chi connectivity index (χ3v) is 6.45. The number of carbonyl (C=O) groups excluding carboxylic acids is 1. The predicted molar refractivity (Wildman–Crippen MR) is 120 cm³/mol. The number of amides is 1. The number of aromatic nitrogens is 1. The minimum absolute atomic E-state index is 0.0795. The van der Waals surface area contributed by atoms with Crippen LogP contribution in [-0.2, 0) is 0 Å². The number of hydrogen-bond acceptors (Lipinski definition) is 5. The fourth-order valence-electron chi connectivity index (χ4n) is 4.50. The summed E-state index contributed by atoms with van der Waals surface area (Å²) in [6.45, 7) is 5.41. The van der Waals surface area contributed by atoms with E-state index in [-0.39, 0.29) is 17.9 Å². The monoisotopic (exact) mass is 422 g/mol. The summed E-state index contributed by atoms with van der Waals surface area (Å²) >= 11 is 0. The van der Waals surface area contributed by atoms with Crippen LogP contribution in [0.2, 0.25) is 0 Å². The largest absolute Gasteiger partial charge is 0.464 e. The fraction of sp³-hybridized carbons (Fsp3) is 0.440. The molecule has 0 saturated heterocycles. The van der Waals surface area contributed by atoms with Gasteiger partial charge >= 0.3 is 0 Å². The highest BCUT2D eigenvalue weighted by molar-refractivity contribution is 5.96. The van der Waals surface area contributed by atoms with E-state index >= 15 is 0 Å². The molecule has 1 amide bonds. The van der Waals surface area contributed by atoms with Crippen molar-refractivity contribution in [3.05, 3.63) is 53.9 Å². The van der Waals surface area contributed by atoms with Crippen LogP contribution in [0.5, 0.6) is 0 Å². The van der Waals surface area contributed by atoms with Crippen LogP contribution in [0.3, 0.4) is 0 Å². The van der Waals surface area contributed by atoms with E-state index in [1.807, 2.05) is 44.2 Å². The molecule has 31 heavy (non-hydrogen) atoms. The standard InChI is InChI=1S/C25H30N2O4/c1-15(28)21-14-26-22(20-12-13-31-23(20)21)16-4-6-17(7-5-16)24(29)27-19-10-8-18(9-11-19)25(2,3)30/h4-7,12-15,18-19,28,30H,8-11H2,1-3H3,(H,27,29)/t15?,18-,19-. The molecule has 2 aromatic heterocycles. The van der Waals surface area contributed by atoms with Gasteiger partial charge < -0.3 is 19.9 Å². The molecular formula is C25H30N2O4. The number of hydrogen-bond donors (Lipinski definition) is 3. The summed E-state index contributed by atoms with van der Waals surface area (Å²) in [7, 11) is 0. The summed E-state index contributed by atoms with van der Waals surface area (Å²) in [5.41, 5.74) is 2.86. The second kappa shape index (κ2) is 8.44. The molecule has 1 fully saturated rings. The molecule has 1 aliphatic rings. The number of aliphatic hydroxyl groups is 2. The lowest BCUT2D eigenvalue weighted by molar-refractivity contribution is -0.00257. The lowest BCUT2D eigenvalue weighted by Gasteiger charge is -2.36. The molecule has 1 saturated carbocycles. The maximum atomic E-state index is 12.7. The molecule has 0 bridgehead atoms. The molecule has 6 nitrogen and oxygen atoms in total. The van der Waals surface area contributed by atoms with E-state index in [4.69, 9.17) is 4.42 Å². The van der Waals surface area contributed by atoms with Crippen molar-refractivity contribution in [1.29, 1.82) is 0 Å². The number of benzene rings is 1. The Balaban J connectivity index is 1.46. The van der Waals surface area contributed by atoms with Gasteiger partial charge in [-0.3, -0.25) is 9.78 Å². The van der Waals surface area contributed by atoms with Crippen LogP contribution in [0.4, 0.5) is 0 Å². The van der Waals surface area contributed by atoms with Crippen LogP contribution in [0.15, 0.2) is 47.2 Å². The quantitative estimate of drug-likeness (QED) is 0.558. The molecule has 1 atom stereocenters. The maximum absolute atomic E-state index is 12.7. The summed E-state index contributed by atoms with van der Waals surface area (Å²) in [6, 6.07) is 9.38. The van der Waals surface area contributed by atoms with E-state index < -0.39 is 11.7 Å². The number of nitrogens with zero attached hydrogens (tertiary/aromatic N) is 1. The third kappa shape index (κ3) is 4.50. The molecule has 0 spiro atoms. The van der Waals surface area contributed by atoms with E-state index in [1.54, 1.807) is 19.4 Å². The van der Waals surface area contributed by atoms with Gasteiger partial charge in [-0.1, -0.05) is 12.1 Å². The van der Waals surface area contributed by atoms with Crippen molar-refractivity contribution in [3.8, 4) is 11.3 Å². The van der Waals surface area contributed by atoms with Crippen LogP contribution in [-0.4, -0.2) is 32.7 Å². The minimum Gasteiger partial charge on any atom is -0.464 e. The van der Waals surface area contributed by atoms with Crippen LogP contribution in [0, 0.1) is 5.92 Å². The molecule has 2 heterocycles. The Bertz CT molecular complexity index is 1060. The highest BCUT2D eigenvalue weighted by atomic mass is 16.3. The Morgan fingerprint density at radius 2 is 1.84 bits per heavy atom. The highest BCUT2D eigenvalue weighted by Crippen LogP contribution is 2.33. The lowest BCUT2D eigenvalue weighted by Crippen LogP contribution is -2.41. The van der Waals surface area contributed by atoms with Gasteiger partial charge in [0.15, 0.2) is 0 Å². The van der Waals surface area contributed by atoms with Gasteiger partial charge in [-0.05, 0) is 70.6 Å². The molecule has 164 valence electrons. The normalized spacial score (nSPS) is 20.5. The van der Waals surface area contributed by atoms with E-state index in [1.165, 1.54) is 0 Å². The summed E-state index contributed by atoms with van der Waals surface area (Å²) in [5.74, 6) is 0.205. The number of furan rings is 1. The summed E-state index contributed by atoms with van der Waals surface area (Å²) in [5, 5.41) is 24.1. The molecular weight excluding hydrogens is 392 g/mol. The zero-order chi connectivity index (χ0) is 22.2. The molecule has 1 aliphatic carbocycles. The highest BCUT2D eigenvalue weighted by Gasteiger charge is 2.31. The molecule has 3 aromatic rings. The first kappa shape index (κ1) is 21.5. The van der Waals surface area contributed by atoms with Crippen molar-refractivity contribution in [2.45, 2.75) is 64.2 Å². The SMILES string of the molecule is CC(O)c1cnc(-c2ccc(C(=O)N[C@H]3CC[C@H](C(C)(C)O)CC3)cc2)c2ccoc12. The number of carbonyl (C=O) groups is 1. The van der Waals surface area contributed by atoms with Crippen molar-refractivity contribution in [1.82, 2.24) is 10.3 Å². The molecule has 0 aliphatic heterocycles. The van der Waals surface area contributed by atoms with Gasteiger partial charge in [0.05, 0.1) is 23.7 Å². The van der Waals surface area contributed by atoms with E-state index in [2.05, 4.69) is 10.3 Å². The van der Waals surface area contributed by atoms with Crippen LogP contribution in [0.1, 0.15) is 68.5 Å². The molecule has 1 unspecified atom stereocenters. The van der Waals surface area contributed by atoms with Crippen LogP contribution < -0.4 is 5.32 Å². The first-order valence-corrected chi connectivity index (χ1v) is 10.9. The van der Waals surface area contributed by atoms with Crippen molar-refractivity contribution in [2.24, 2.45) is 5.92 Å². The molecule has 1 aromatic carbocycles. The van der Waals surface area contributed by atoms with Gasteiger partial charge in [-0.2, -0.15) is 0 Å². The predicted octanol–water partition coefficient (Wildman–Crippen LogP) is 4.61. The van der Waals surface area contributed by atoms with Crippen molar-refractivity contribution in [3.63, 3.8) is 0 Å². The van der Waals surface area contributed by atoms with E-state index in [9.17, 15) is 15.0 Å². The first-order valence-electron chi connectivity index (χ1n) is 10.9. The molecule has 3 N–H and O–H groups in total. The summed E-state index contributed by atoms with van der Waals surface area (Å²) in [4.78, 5) is 17.2. The maximum Gasteiger partial charge on any atom is 0.251 e. The molecule has 4 rings (SSSR count). The van der Waals surface area contributed by atoms with Gasteiger partial charge in [-0.25, -0.2) is 0 Å². The van der Waals surface area contributed by atoms with E-state index in [0.29, 0.717) is 16.7 Å². The van der Waals surface area contributed by atoms with Gasteiger partial charge in [0.2, 0.25) is 0 Å². The average Bonchev–Trinajstić information content (AvgIpc) is 3.22. The molecule has 6 heteroatoms. The smallest absolute Gasteiger partial charge is 0.251 e. The number of nitrogens with one attached hydrogen (secondary N) is 1. The van der Waals surface area contributed by atoms with Gasteiger partial charge in [-0.15, -0.1) is 0 Å². The number of rotatable bonds is 5. The van der Waals surface area contributed by atoms with Crippen molar-refractivity contribution >= 4 is 16.9 Å². The topological polar surface area (TPSA) is 95.6 Å². The van der Waals surface area contributed by atoms with E-state index in [0.717, 1.165) is 42.3 Å². The van der Waals surface area contributed by atoms with Crippen LogP contribution >= 0.6 is 0 Å². The Labute approximate surface area is 182 Å². The Hall–Kier alpha value is -2.70. The number of aliphatic hydroxyl groups excluding tert-OH is 1. The number of pyridine rings is 1. The third-order valence-electron chi connectivity index (χ3n) is 6.45. The summed E-state index contributed by atoms with van der Waals surface area (Å²) < 4.78 is 5.57. The second-order valence-corrected chi connectivity index (χ2v) is 9.15. The average molecular weight is 423 g/mol. The number of fused-ring (bicyclic) bond motifs is 1. The Kier molecular flexibility index (Phi) is 5.86. The second-order valence-electron chi connectivity index (χ2n) is 9.15. The van der Waals surface area contributed by atoms with Gasteiger partial charge in [0, 0.05) is 34.3 Å². The lowest BCUT2D eigenvalue weighted by atomic mass is 9.77. The van der Waals surface area contributed by atoms with Gasteiger partial charge in [0.1, 0.15) is 5.58 Å². The zero-order valence-electron chi connectivity index (χ0n) is 18.3.